The maximum atomic E-state index is 3.67. The lowest BCUT2D eigenvalue weighted by Gasteiger charge is -2.28. The van der Waals surface area contributed by atoms with Crippen LogP contribution in [-0.4, -0.2) is 37.1 Å². The van der Waals surface area contributed by atoms with E-state index in [2.05, 4.69) is 37.9 Å². The summed E-state index contributed by atoms with van der Waals surface area (Å²) in [5.41, 5.74) is 0.628. The molecule has 0 aliphatic carbocycles. The number of nitrogens with zero attached hydrogens (tertiary/aromatic N) is 1. The third-order valence-corrected chi connectivity index (χ3v) is 4.67. The van der Waals surface area contributed by atoms with Crippen molar-refractivity contribution in [2.24, 2.45) is 5.41 Å². The lowest BCUT2D eigenvalue weighted by Crippen LogP contribution is -2.41. The van der Waals surface area contributed by atoms with E-state index in [1.807, 2.05) is 0 Å². The van der Waals surface area contributed by atoms with Crippen LogP contribution in [0.5, 0.6) is 0 Å². The van der Waals surface area contributed by atoms with Crippen LogP contribution in [-0.2, 0) is 0 Å². The minimum absolute atomic E-state index is 0.628. The van der Waals surface area contributed by atoms with Gasteiger partial charge in [0, 0.05) is 19.1 Å². The number of rotatable bonds is 8. The van der Waals surface area contributed by atoms with Gasteiger partial charge in [0.25, 0.3) is 0 Å². The van der Waals surface area contributed by atoms with Crippen molar-refractivity contribution in [1.82, 2.24) is 10.2 Å². The molecule has 0 bridgehead atoms. The van der Waals surface area contributed by atoms with Crippen LogP contribution in [0.2, 0.25) is 0 Å². The third-order valence-electron chi connectivity index (χ3n) is 4.67. The molecule has 1 rings (SSSR count). The third kappa shape index (κ3) is 4.26. The minimum atomic E-state index is 0.628. The quantitative estimate of drug-likeness (QED) is 0.700. The molecule has 0 aromatic rings. The molecule has 1 unspecified atom stereocenters. The lowest BCUT2D eigenvalue weighted by atomic mass is 9.82. The van der Waals surface area contributed by atoms with Crippen molar-refractivity contribution in [1.29, 1.82) is 0 Å². The second-order valence-corrected chi connectivity index (χ2v) is 5.75. The van der Waals surface area contributed by atoms with E-state index in [9.17, 15) is 0 Å². The molecule has 0 radical (unpaired) electrons. The second kappa shape index (κ2) is 7.38. The molecule has 1 atom stereocenters. The molecular weight excluding hydrogens is 208 g/mol. The van der Waals surface area contributed by atoms with Gasteiger partial charge in [-0.15, -0.1) is 0 Å². The first-order valence-electron chi connectivity index (χ1n) is 7.65. The first-order chi connectivity index (χ1) is 8.19. The fourth-order valence-corrected chi connectivity index (χ4v) is 3.01. The molecule has 102 valence electrons. The van der Waals surface area contributed by atoms with Gasteiger partial charge in [0.2, 0.25) is 0 Å². The predicted molar refractivity (Wildman–Crippen MR) is 76.4 cm³/mol. The Bertz CT molecular complexity index is 199. The van der Waals surface area contributed by atoms with Gasteiger partial charge < -0.3 is 10.2 Å². The highest BCUT2D eigenvalue weighted by atomic mass is 15.2. The number of nitrogens with one attached hydrogen (secondary N) is 1. The molecule has 17 heavy (non-hydrogen) atoms. The summed E-state index contributed by atoms with van der Waals surface area (Å²) >= 11 is 0. The zero-order valence-corrected chi connectivity index (χ0v) is 12.4. The molecular formula is C15H32N2. The van der Waals surface area contributed by atoms with Crippen LogP contribution >= 0.6 is 0 Å². The van der Waals surface area contributed by atoms with E-state index in [0.29, 0.717) is 11.5 Å². The molecule has 1 saturated heterocycles. The summed E-state index contributed by atoms with van der Waals surface area (Å²) in [4.78, 5) is 2.68. The van der Waals surface area contributed by atoms with Crippen LogP contribution in [0.3, 0.4) is 0 Å². The summed E-state index contributed by atoms with van der Waals surface area (Å²) in [5.74, 6) is 0. The van der Waals surface area contributed by atoms with Gasteiger partial charge in [-0.3, -0.25) is 0 Å². The van der Waals surface area contributed by atoms with Crippen molar-refractivity contribution in [2.75, 3.05) is 26.2 Å². The van der Waals surface area contributed by atoms with Crippen molar-refractivity contribution in [3.05, 3.63) is 0 Å². The number of hydrogen-bond donors (Lipinski definition) is 1. The van der Waals surface area contributed by atoms with E-state index in [0.717, 1.165) is 0 Å². The van der Waals surface area contributed by atoms with Crippen molar-refractivity contribution in [3.8, 4) is 0 Å². The molecule has 1 N–H and O–H groups in total. The Hall–Kier alpha value is -0.0800. The minimum Gasteiger partial charge on any atom is -0.313 e. The topological polar surface area (TPSA) is 15.3 Å². The second-order valence-electron chi connectivity index (χ2n) is 5.75. The van der Waals surface area contributed by atoms with E-state index >= 15 is 0 Å². The van der Waals surface area contributed by atoms with Gasteiger partial charge in [-0.05, 0) is 50.6 Å². The standard InChI is InChI=1S/C15H32N2/c1-5-10-16-14(6-2)12-17-11-9-15(7-3,8-4)13-17/h14,16H,5-13H2,1-4H3. The fraction of sp³-hybridized carbons (Fsp3) is 1.00. The molecule has 1 aliphatic rings. The van der Waals surface area contributed by atoms with E-state index in [1.54, 1.807) is 0 Å². The van der Waals surface area contributed by atoms with Gasteiger partial charge in [-0.1, -0.05) is 27.7 Å². The summed E-state index contributed by atoms with van der Waals surface area (Å²) in [5, 5.41) is 3.67. The Balaban J connectivity index is 2.37. The zero-order chi connectivity index (χ0) is 12.7. The van der Waals surface area contributed by atoms with Gasteiger partial charge in [-0.2, -0.15) is 0 Å². The zero-order valence-electron chi connectivity index (χ0n) is 12.4. The Morgan fingerprint density at radius 3 is 2.35 bits per heavy atom. The smallest absolute Gasteiger partial charge is 0.0192 e. The van der Waals surface area contributed by atoms with Crippen LogP contribution in [0, 0.1) is 5.41 Å². The van der Waals surface area contributed by atoms with E-state index in [-0.39, 0.29) is 0 Å². The number of hydrogen-bond acceptors (Lipinski definition) is 2. The molecule has 1 heterocycles. The van der Waals surface area contributed by atoms with Crippen LogP contribution in [0.25, 0.3) is 0 Å². The first kappa shape index (κ1) is 15.0. The van der Waals surface area contributed by atoms with Crippen molar-refractivity contribution >= 4 is 0 Å². The largest absolute Gasteiger partial charge is 0.313 e. The molecule has 1 fully saturated rings. The molecule has 2 heteroatoms. The first-order valence-corrected chi connectivity index (χ1v) is 7.65. The van der Waals surface area contributed by atoms with Crippen molar-refractivity contribution < 1.29 is 0 Å². The van der Waals surface area contributed by atoms with Crippen LogP contribution in [0.1, 0.15) is 59.8 Å². The molecule has 0 spiro atoms. The molecule has 2 nitrogen and oxygen atoms in total. The highest BCUT2D eigenvalue weighted by Gasteiger charge is 2.35. The molecule has 0 aromatic carbocycles. The van der Waals surface area contributed by atoms with Crippen molar-refractivity contribution in [3.63, 3.8) is 0 Å². The highest BCUT2D eigenvalue weighted by Crippen LogP contribution is 2.36. The predicted octanol–water partition coefficient (Wildman–Crippen LogP) is 3.28. The summed E-state index contributed by atoms with van der Waals surface area (Å²) in [6.45, 7) is 14.3. The molecule has 1 aliphatic heterocycles. The lowest BCUT2D eigenvalue weighted by molar-refractivity contribution is 0.223. The van der Waals surface area contributed by atoms with Gasteiger partial charge in [0.1, 0.15) is 0 Å². The Kier molecular flexibility index (Phi) is 6.50. The number of likely N-dealkylation sites (tertiary alicyclic amines) is 1. The fourth-order valence-electron chi connectivity index (χ4n) is 3.01. The maximum absolute atomic E-state index is 3.67. The summed E-state index contributed by atoms with van der Waals surface area (Å²) in [6, 6.07) is 0.694. The van der Waals surface area contributed by atoms with E-state index in [1.165, 1.54) is 58.3 Å². The SMILES string of the molecule is CCCNC(CC)CN1CCC(CC)(CC)C1. The van der Waals surface area contributed by atoms with Crippen LogP contribution in [0.15, 0.2) is 0 Å². The van der Waals surface area contributed by atoms with E-state index in [4.69, 9.17) is 0 Å². The Morgan fingerprint density at radius 1 is 1.18 bits per heavy atom. The monoisotopic (exact) mass is 240 g/mol. The van der Waals surface area contributed by atoms with Gasteiger partial charge >= 0.3 is 0 Å². The normalized spacial score (nSPS) is 21.9. The van der Waals surface area contributed by atoms with Crippen LogP contribution in [0.4, 0.5) is 0 Å². The van der Waals surface area contributed by atoms with Gasteiger partial charge in [0.15, 0.2) is 0 Å². The molecule has 0 aromatic heterocycles. The Labute approximate surface area is 108 Å². The Morgan fingerprint density at radius 2 is 1.88 bits per heavy atom. The maximum Gasteiger partial charge on any atom is 0.0192 e. The summed E-state index contributed by atoms with van der Waals surface area (Å²) in [7, 11) is 0. The highest BCUT2D eigenvalue weighted by molar-refractivity contribution is 4.89. The average molecular weight is 240 g/mol. The molecule has 0 saturated carbocycles. The van der Waals surface area contributed by atoms with E-state index < -0.39 is 0 Å². The van der Waals surface area contributed by atoms with Gasteiger partial charge in [-0.25, -0.2) is 0 Å². The summed E-state index contributed by atoms with van der Waals surface area (Å²) in [6.07, 6.45) is 6.59. The van der Waals surface area contributed by atoms with Crippen molar-refractivity contribution in [2.45, 2.75) is 65.8 Å². The summed E-state index contributed by atoms with van der Waals surface area (Å²) < 4.78 is 0. The molecule has 0 amide bonds. The average Bonchev–Trinajstić information content (AvgIpc) is 2.78. The van der Waals surface area contributed by atoms with Crippen LogP contribution < -0.4 is 5.32 Å². The van der Waals surface area contributed by atoms with Gasteiger partial charge in [0.05, 0.1) is 0 Å².